The van der Waals surface area contributed by atoms with E-state index >= 15 is 0 Å². The van der Waals surface area contributed by atoms with Gasteiger partial charge < -0.3 is 0 Å². The molecule has 0 aromatic carbocycles. The average molecular weight is 353 g/mol. The summed E-state index contributed by atoms with van der Waals surface area (Å²) in [6.07, 6.45) is 0. The number of hydrogen-bond donors (Lipinski definition) is 6. The SMILES string of the molecule is C1NCNCN1.C1SCSCS1.C=C1NC(=O)NC(=O)N1. The van der Waals surface area contributed by atoms with E-state index in [0.717, 1.165) is 20.0 Å². The van der Waals surface area contributed by atoms with E-state index in [1.807, 2.05) is 40.6 Å². The molecule has 120 valence electrons. The third kappa shape index (κ3) is 10.7. The Bertz CT molecular complexity index is 269. The van der Waals surface area contributed by atoms with Gasteiger partial charge in [-0.25, -0.2) is 9.59 Å². The van der Waals surface area contributed by atoms with Crippen molar-refractivity contribution in [2.75, 3.05) is 35.3 Å². The predicted molar refractivity (Wildman–Crippen MR) is 90.7 cm³/mol. The maximum Gasteiger partial charge on any atom is 0.328 e. The summed E-state index contributed by atoms with van der Waals surface area (Å²) < 4.78 is 0. The van der Waals surface area contributed by atoms with Crippen LogP contribution in [0, 0.1) is 0 Å². The Morgan fingerprint density at radius 1 is 0.714 bits per heavy atom. The van der Waals surface area contributed by atoms with Gasteiger partial charge in [-0.3, -0.25) is 31.9 Å². The Labute approximate surface area is 136 Å². The lowest BCUT2D eigenvalue weighted by Crippen LogP contribution is -2.53. The van der Waals surface area contributed by atoms with Crippen molar-refractivity contribution < 1.29 is 9.59 Å². The van der Waals surface area contributed by atoms with Crippen LogP contribution >= 0.6 is 35.3 Å². The molecule has 3 rings (SSSR count). The molecule has 3 fully saturated rings. The number of nitrogens with one attached hydrogen (secondary N) is 6. The van der Waals surface area contributed by atoms with Crippen molar-refractivity contribution in [1.82, 2.24) is 31.9 Å². The largest absolute Gasteiger partial charge is 0.328 e. The fourth-order valence-corrected chi connectivity index (χ4v) is 5.27. The van der Waals surface area contributed by atoms with Crippen molar-refractivity contribution in [2.24, 2.45) is 0 Å². The number of carbonyl (C=O) groups is 2. The van der Waals surface area contributed by atoms with E-state index in [2.05, 4.69) is 33.2 Å². The highest BCUT2D eigenvalue weighted by Crippen LogP contribution is 2.27. The highest BCUT2D eigenvalue weighted by molar-refractivity contribution is 8.31. The van der Waals surface area contributed by atoms with E-state index in [9.17, 15) is 9.59 Å². The monoisotopic (exact) mass is 352 g/mol. The first-order chi connectivity index (χ1) is 10.2. The van der Waals surface area contributed by atoms with Crippen LogP contribution in [-0.2, 0) is 0 Å². The molecule has 3 aliphatic rings. The summed E-state index contributed by atoms with van der Waals surface area (Å²) in [6, 6.07) is -1.10. The quantitative estimate of drug-likeness (QED) is 0.367. The molecular weight excluding hydrogens is 332 g/mol. The first kappa shape index (κ1) is 18.5. The van der Waals surface area contributed by atoms with Crippen molar-refractivity contribution in [1.29, 1.82) is 0 Å². The molecule has 11 heteroatoms. The van der Waals surface area contributed by atoms with Gasteiger partial charge in [0.15, 0.2) is 0 Å². The summed E-state index contributed by atoms with van der Waals surface area (Å²) in [6.45, 7) is 6.12. The van der Waals surface area contributed by atoms with Crippen LogP contribution in [0.2, 0.25) is 0 Å². The molecule has 0 aliphatic carbocycles. The standard InChI is InChI=1S/C4H5N3O2.C3H9N3.C3H6S3/c1-2-5-3(8)7-4(9)6-2;2*1-4-2-6-3-5-1/h1H2,(H3,5,6,7,8,9);4-6H,1-3H2;1-3H2. The highest BCUT2D eigenvalue weighted by Gasteiger charge is 2.14. The Kier molecular flexibility index (Phi) is 10.6. The zero-order valence-electron chi connectivity index (χ0n) is 11.5. The van der Waals surface area contributed by atoms with Gasteiger partial charge in [-0.15, -0.1) is 35.3 Å². The van der Waals surface area contributed by atoms with Gasteiger partial charge in [0, 0.05) is 35.3 Å². The summed E-state index contributed by atoms with van der Waals surface area (Å²) in [4.78, 5) is 20.7. The molecule has 0 atom stereocenters. The van der Waals surface area contributed by atoms with Crippen LogP contribution in [0.3, 0.4) is 0 Å². The molecule has 4 amide bonds. The van der Waals surface area contributed by atoms with Gasteiger partial charge in [0.05, 0.1) is 0 Å². The molecule has 0 aromatic heterocycles. The van der Waals surface area contributed by atoms with E-state index in [0.29, 0.717) is 0 Å². The van der Waals surface area contributed by atoms with Gasteiger partial charge >= 0.3 is 12.1 Å². The van der Waals surface area contributed by atoms with Gasteiger partial charge in [-0.2, -0.15) is 0 Å². The molecule has 3 heterocycles. The van der Waals surface area contributed by atoms with E-state index < -0.39 is 12.1 Å². The van der Waals surface area contributed by atoms with Crippen LogP contribution in [0.5, 0.6) is 0 Å². The maximum atomic E-state index is 10.3. The van der Waals surface area contributed by atoms with Gasteiger partial charge in [0.2, 0.25) is 0 Å². The number of urea groups is 2. The second-order valence-electron chi connectivity index (χ2n) is 3.76. The second-order valence-corrected chi connectivity index (χ2v) is 7.81. The third-order valence-corrected chi connectivity index (χ3v) is 6.01. The Hall–Kier alpha value is -0.590. The smallest absolute Gasteiger partial charge is 0.294 e. The topological polar surface area (TPSA) is 106 Å². The molecule has 0 aromatic rings. The Morgan fingerprint density at radius 2 is 1.10 bits per heavy atom. The average Bonchev–Trinajstić information content (AvgIpc) is 2.50. The first-order valence-corrected chi connectivity index (χ1v) is 9.58. The van der Waals surface area contributed by atoms with Gasteiger partial charge in [-0.05, 0) is 0 Å². The summed E-state index contributed by atoms with van der Waals surface area (Å²) >= 11 is 6.06. The minimum Gasteiger partial charge on any atom is -0.294 e. The summed E-state index contributed by atoms with van der Waals surface area (Å²) in [5.41, 5.74) is 0. The number of imide groups is 1. The summed E-state index contributed by atoms with van der Waals surface area (Å²) in [7, 11) is 0. The fourth-order valence-electron chi connectivity index (χ4n) is 1.20. The van der Waals surface area contributed by atoms with Gasteiger partial charge in [0.25, 0.3) is 0 Å². The van der Waals surface area contributed by atoms with E-state index in [4.69, 9.17) is 0 Å². The zero-order chi connectivity index (χ0) is 15.3. The van der Waals surface area contributed by atoms with Crippen LogP contribution in [-0.4, -0.2) is 47.3 Å². The minimum atomic E-state index is -0.552. The lowest BCUT2D eigenvalue weighted by Gasteiger charge is -2.15. The lowest BCUT2D eigenvalue weighted by atomic mass is 10.6. The lowest BCUT2D eigenvalue weighted by molar-refractivity contribution is 0.224. The summed E-state index contributed by atoms with van der Waals surface area (Å²) in [5.74, 6) is 0.198. The number of rotatable bonds is 0. The van der Waals surface area contributed by atoms with Crippen LogP contribution in [0.25, 0.3) is 0 Å². The van der Waals surface area contributed by atoms with Gasteiger partial charge in [-0.1, -0.05) is 6.58 Å². The first-order valence-electron chi connectivity index (χ1n) is 6.12. The van der Waals surface area contributed by atoms with Crippen LogP contribution in [0.15, 0.2) is 12.4 Å². The number of carbonyl (C=O) groups excluding carboxylic acids is 2. The molecular formula is C10H20N6O2S3. The zero-order valence-corrected chi connectivity index (χ0v) is 13.9. The Morgan fingerprint density at radius 3 is 1.33 bits per heavy atom. The van der Waals surface area contributed by atoms with Crippen molar-refractivity contribution in [2.45, 2.75) is 0 Å². The second kappa shape index (κ2) is 12.0. The molecule has 0 saturated carbocycles. The number of amides is 4. The van der Waals surface area contributed by atoms with Crippen molar-refractivity contribution in [3.63, 3.8) is 0 Å². The molecule has 8 nitrogen and oxygen atoms in total. The molecule has 3 aliphatic heterocycles. The van der Waals surface area contributed by atoms with E-state index in [1.54, 1.807) is 0 Å². The van der Waals surface area contributed by atoms with Crippen molar-refractivity contribution in [3.8, 4) is 0 Å². The minimum absolute atomic E-state index is 0.198. The third-order valence-electron chi connectivity index (χ3n) is 2.01. The highest BCUT2D eigenvalue weighted by atomic mass is 32.3. The fraction of sp³-hybridized carbons (Fsp3) is 0.600. The van der Waals surface area contributed by atoms with Gasteiger partial charge in [0.1, 0.15) is 5.82 Å². The van der Waals surface area contributed by atoms with Crippen LogP contribution < -0.4 is 31.9 Å². The number of hydrogen-bond acceptors (Lipinski definition) is 8. The van der Waals surface area contributed by atoms with Crippen molar-refractivity contribution >= 4 is 47.3 Å². The molecule has 0 radical (unpaired) electrons. The number of thioether (sulfide) groups is 3. The molecule has 3 saturated heterocycles. The summed E-state index contributed by atoms with van der Waals surface area (Å²) in [5, 5.41) is 19.5. The van der Waals surface area contributed by atoms with Crippen LogP contribution in [0.4, 0.5) is 9.59 Å². The van der Waals surface area contributed by atoms with Crippen molar-refractivity contribution in [3.05, 3.63) is 12.4 Å². The molecule has 0 bridgehead atoms. The molecule has 21 heavy (non-hydrogen) atoms. The normalized spacial score (nSPS) is 21.4. The van der Waals surface area contributed by atoms with E-state index in [-0.39, 0.29) is 5.82 Å². The maximum absolute atomic E-state index is 10.3. The molecule has 6 N–H and O–H groups in total. The Balaban J connectivity index is 0.000000163. The van der Waals surface area contributed by atoms with Crippen LogP contribution in [0.1, 0.15) is 0 Å². The molecule has 0 unspecified atom stereocenters. The molecule has 0 spiro atoms. The predicted octanol–water partition coefficient (Wildman–Crippen LogP) is 0.193. The van der Waals surface area contributed by atoms with E-state index in [1.165, 1.54) is 15.3 Å².